The van der Waals surface area contributed by atoms with Crippen molar-refractivity contribution in [2.45, 2.75) is 19.9 Å². The van der Waals surface area contributed by atoms with Gasteiger partial charge in [0.25, 0.3) is 5.56 Å². The number of fused-ring (bicyclic) bond motifs is 1. The summed E-state index contributed by atoms with van der Waals surface area (Å²) in [5.74, 6) is 0.228. The number of carbonyl (C=O) groups is 1. The number of carbonyl (C=O) groups excluding carboxylic acids is 1. The summed E-state index contributed by atoms with van der Waals surface area (Å²) in [4.78, 5) is 27.0. The van der Waals surface area contributed by atoms with Crippen LogP contribution in [0.3, 0.4) is 0 Å². The number of aromatic nitrogens is 1. The van der Waals surface area contributed by atoms with Crippen molar-refractivity contribution in [1.82, 2.24) is 9.29 Å². The largest absolute Gasteiger partial charge is 0.338 e. The van der Waals surface area contributed by atoms with Gasteiger partial charge < -0.3 is 0 Å². The third kappa shape index (κ3) is 4.38. The van der Waals surface area contributed by atoms with Crippen LogP contribution in [-0.2, 0) is 22.1 Å². The Morgan fingerprint density at radius 2 is 1.77 bits per heavy atom. The molecule has 0 saturated heterocycles. The molecule has 7 nitrogen and oxygen atoms in total. The number of rotatable bonds is 6. The van der Waals surface area contributed by atoms with E-state index in [2.05, 4.69) is 14.2 Å². The molecule has 0 amide bonds. The number of oxime groups is 1. The molecule has 0 spiro atoms. The first-order chi connectivity index (χ1) is 17.0. The number of ketones is 1. The lowest BCUT2D eigenvalue weighted by Gasteiger charge is -2.19. The van der Waals surface area contributed by atoms with Gasteiger partial charge in [0.2, 0.25) is 0 Å². The predicted octanol–water partition coefficient (Wildman–Crippen LogP) is 4.82. The number of amidine groups is 1. The zero-order chi connectivity index (χ0) is 24.5. The molecule has 1 unspecified atom stereocenters. The molecule has 4 aromatic rings. The Morgan fingerprint density at radius 1 is 1.03 bits per heavy atom. The lowest BCUT2D eigenvalue weighted by molar-refractivity contribution is 0.0979. The molecule has 35 heavy (non-hydrogen) atoms. The summed E-state index contributed by atoms with van der Waals surface area (Å²) >= 11 is 4.62. The highest BCUT2D eigenvalue weighted by Crippen LogP contribution is 2.33. The summed E-state index contributed by atoms with van der Waals surface area (Å²) < 4.78 is 20.2. The molecule has 1 aromatic heterocycles. The van der Waals surface area contributed by atoms with Gasteiger partial charge in [0.05, 0.1) is 12.2 Å². The second-order valence-corrected chi connectivity index (χ2v) is 9.25. The van der Waals surface area contributed by atoms with E-state index in [4.69, 9.17) is 11.6 Å². The molecule has 5 rings (SSSR count). The topological polar surface area (TPSA) is 89.8 Å². The average molecular weight is 506 g/mol. The summed E-state index contributed by atoms with van der Waals surface area (Å²) in [6.07, 6.45) is 0.243. The van der Waals surface area contributed by atoms with E-state index in [0.29, 0.717) is 38.5 Å². The number of benzene rings is 3. The van der Waals surface area contributed by atoms with Crippen molar-refractivity contribution in [3.63, 3.8) is 0 Å². The Kier molecular flexibility index (Phi) is 6.23. The van der Waals surface area contributed by atoms with Gasteiger partial charge in [-0.3, -0.25) is 23.2 Å². The Labute approximate surface area is 208 Å². The van der Waals surface area contributed by atoms with Gasteiger partial charge in [0, 0.05) is 28.0 Å². The van der Waals surface area contributed by atoms with Crippen LogP contribution < -0.4 is 10.3 Å². The van der Waals surface area contributed by atoms with Gasteiger partial charge in [0.15, 0.2) is 11.6 Å². The Morgan fingerprint density at radius 3 is 2.43 bits per heavy atom. The van der Waals surface area contributed by atoms with E-state index < -0.39 is 11.3 Å². The van der Waals surface area contributed by atoms with Gasteiger partial charge in [-0.1, -0.05) is 73.1 Å². The minimum absolute atomic E-state index is 0.136. The maximum Gasteiger partial charge on any atom is 0.338 e. The molecule has 1 aliphatic rings. The SMILES string of the molecule is CCC(=O)c1c(-c2ccccc2)c2cc(Cl)ccc2c(=O)n1Cc1ccc(C2=NOS(=O)N2)cc1. The van der Waals surface area contributed by atoms with Gasteiger partial charge in [-0.25, -0.2) is 0 Å². The predicted molar refractivity (Wildman–Crippen MR) is 138 cm³/mol. The van der Waals surface area contributed by atoms with E-state index in [-0.39, 0.29) is 24.3 Å². The monoisotopic (exact) mass is 505 g/mol. The molecule has 1 aliphatic heterocycles. The average Bonchev–Trinajstić information content (AvgIpc) is 3.32. The van der Waals surface area contributed by atoms with E-state index in [1.807, 2.05) is 42.5 Å². The van der Waals surface area contributed by atoms with Crippen LogP contribution in [0.5, 0.6) is 0 Å². The van der Waals surface area contributed by atoms with Crippen molar-refractivity contribution in [2.75, 3.05) is 0 Å². The van der Waals surface area contributed by atoms with E-state index >= 15 is 0 Å². The molecule has 2 heterocycles. The van der Waals surface area contributed by atoms with Gasteiger partial charge >= 0.3 is 11.3 Å². The van der Waals surface area contributed by atoms with Gasteiger partial charge in [-0.2, -0.15) is 4.21 Å². The Bertz CT molecular complexity index is 1560. The van der Waals surface area contributed by atoms with Gasteiger partial charge in [0.1, 0.15) is 0 Å². The normalized spacial score (nSPS) is 14.9. The first kappa shape index (κ1) is 23.0. The van der Waals surface area contributed by atoms with E-state index in [1.165, 1.54) is 0 Å². The number of halogens is 1. The van der Waals surface area contributed by atoms with Crippen molar-refractivity contribution in [3.8, 4) is 11.1 Å². The molecular formula is C26H20ClN3O4S. The lowest BCUT2D eigenvalue weighted by Crippen LogP contribution is -2.28. The van der Waals surface area contributed by atoms with E-state index in [0.717, 1.165) is 11.1 Å². The summed E-state index contributed by atoms with van der Waals surface area (Å²) in [6, 6.07) is 21.9. The fraction of sp³-hybridized carbons (Fsp3) is 0.115. The highest BCUT2D eigenvalue weighted by atomic mass is 35.5. The molecule has 176 valence electrons. The van der Waals surface area contributed by atoms with Crippen LogP contribution in [0.4, 0.5) is 0 Å². The molecule has 1 atom stereocenters. The third-order valence-corrected chi connectivity index (χ3v) is 6.63. The van der Waals surface area contributed by atoms with Crippen molar-refractivity contribution >= 4 is 45.3 Å². The highest BCUT2D eigenvalue weighted by Gasteiger charge is 2.23. The van der Waals surface area contributed by atoms with Gasteiger partial charge in [-0.05, 0) is 39.9 Å². The zero-order valence-electron chi connectivity index (χ0n) is 18.7. The number of hydrogen-bond acceptors (Lipinski definition) is 5. The summed E-state index contributed by atoms with van der Waals surface area (Å²) in [5.41, 5.74) is 3.12. The van der Waals surface area contributed by atoms with Gasteiger partial charge in [-0.15, -0.1) is 0 Å². The number of nitrogens with one attached hydrogen (secondary N) is 1. The second kappa shape index (κ2) is 9.48. The number of nitrogens with zero attached hydrogens (tertiary/aromatic N) is 2. The first-order valence-corrected chi connectivity index (χ1v) is 12.4. The fourth-order valence-electron chi connectivity index (χ4n) is 4.17. The van der Waals surface area contributed by atoms with Crippen LogP contribution in [0.25, 0.3) is 21.9 Å². The second-order valence-electron chi connectivity index (χ2n) is 8.00. The molecule has 0 fully saturated rings. The zero-order valence-corrected chi connectivity index (χ0v) is 20.2. The standard InChI is InChI=1S/C26H20ClN3O4S/c1-2-22(31)24-23(17-6-4-3-5-7-17)21-14-19(27)12-13-20(21)26(32)30(24)15-16-8-10-18(11-9-16)25-28-34-35(33)29-25/h3-14H,2,15H2,1H3,(H,28,29). The van der Waals surface area contributed by atoms with Crippen LogP contribution in [0, 0.1) is 0 Å². The summed E-state index contributed by atoms with van der Waals surface area (Å²) in [5, 5.41) is 5.37. The molecule has 0 bridgehead atoms. The molecule has 0 radical (unpaired) electrons. The minimum atomic E-state index is -1.69. The maximum absolute atomic E-state index is 13.7. The molecule has 3 aromatic carbocycles. The number of pyridine rings is 1. The minimum Gasteiger partial charge on any atom is -0.300 e. The molecule has 0 saturated carbocycles. The third-order valence-electron chi connectivity index (χ3n) is 5.83. The fourth-order valence-corrected chi connectivity index (χ4v) is 4.84. The van der Waals surface area contributed by atoms with Crippen LogP contribution in [0.2, 0.25) is 5.02 Å². The van der Waals surface area contributed by atoms with Crippen LogP contribution in [0.15, 0.2) is 82.7 Å². The Hall–Kier alpha value is -3.75. The van der Waals surface area contributed by atoms with Crippen LogP contribution in [0.1, 0.15) is 35.0 Å². The molecule has 1 N–H and O–H groups in total. The first-order valence-electron chi connectivity index (χ1n) is 10.9. The number of hydrogen-bond donors (Lipinski definition) is 1. The lowest BCUT2D eigenvalue weighted by atomic mass is 9.94. The Balaban J connectivity index is 1.70. The van der Waals surface area contributed by atoms with E-state index in [1.54, 1.807) is 41.8 Å². The van der Waals surface area contributed by atoms with Crippen molar-refractivity contribution in [1.29, 1.82) is 0 Å². The maximum atomic E-state index is 13.7. The van der Waals surface area contributed by atoms with Crippen molar-refractivity contribution < 1.29 is 13.3 Å². The van der Waals surface area contributed by atoms with Crippen molar-refractivity contribution in [3.05, 3.63) is 105 Å². The van der Waals surface area contributed by atoms with E-state index in [9.17, 15) is 13.8 Å². The smallest absolute Gasteiger partial charge is 0.300 e. The summed E-state index contributed by atoms with van der Waals surface area (Å²) in [7, 11) is 0. The quantitative estimate of drug-likeness (QED) is 0.380. The highest BCUT2D eigenvalue weighted by molar-refractivity contribution is 7.79. The molecule has 9 heteroatoms. The van der Waals surface area contributed by atoms with Crippen LogP contribution in [-0.4, -0.2) is 20.4 Å². The molecule has 0 aliphatic carbocycles. The van der Waals surface area contributed by atoms with Crippen molar-refractivity contribution in [2.24, 2.45) is 5.16 Å². The van der Waals surface area contributed by atoms with Crippen LogP contribution >= 0.6 is 11.6 Å². The summed E-state index contributed by atoms with van der Waals surface area (Å²) in [6.45, 7) is 1.98. The number of Topliss-reactive ketones (excluding diaryl/α,β-unsaturated/α-hetero) is 1. The molecular weight excluding hydrogens is 486 g/mol.